The molecule has 0 aliphatic carbocycles. The number of hydrogen-bond donors (Lipinski definition) is 1. The molecule has 0 fully saturated rings. The highest BCUT2D eigenvalue weighted by atomic mass is 79.9. The molecule has 0 saturated heterocycles. The maximum Gasteiger partial charge on any atom is 0.416 e. The molecule has 40 heavy (non-hydrogen) atoms. The zero-order valence-corrected chi connectivity index (χ0v) is 23.9. The average Bonchev–Trinajstić information content (AvgIpc) is 2.86. The van der Waals surface area contributed by atoms with E-state index in [1.54, 1.807) is 45.0 Å². The highest BCUT2D eigenvalue weighted by Gasteiger charge is 2.35. The van der Waals surface area contributed by atoms with E-state index in [-0.39, 0.29) is 10.2 Å². The van der Waals surface area contributed by atoms with Gasteiger partial charge in [0.2, 0.25) is 0 Å². The molecule has 13 heteroatoms. The number of nitrogens with zero attached hydrogens (tertiary/aromatic N) is 2. The summed E-state index contributed by atoms with van der Waals surface area (Å²) in [6.07, 6.45) is -5.73. The Labute approximate surface area is 235 Å². The Balaban J connectivity index is 2.17. The second kappa shape index (κ2) is 11.9. The molecular formula is C27H28BrF4N3O5. The van der Waals surface area contributed by atoms with Crippen molar-refractivity contribution < 1.29 is 31.8 Å². The molecule has 2 aromatic carbocycles. The minimum Gasteiger partial charge on any atom is -0.496 e. The SMILES string of the molecule is COc1ccccc1C(Cn1c(=O)c(Br)c(C)n(Cc2c(F)cccc2C(F)(F)F)c1=O)NC(=O)OC(C)(C)C. The summed E-state index contributed by atoms with van der Waals surface area (Å²) in [5.41, 5.74) is -4.27. The lowest BCUT2D eigenvalue weighted by Gasteiger charge is -2.26. The molecule has 1 N–H and O–H groups in total. The molecule has 1 aromatic heterocycles. The second-order valence-electron chi connectivity index (χ2n) is 9.89. The van der Waals surface area contributed by atoms with Crippen molar-refractivity contribution >= 4 is 22.0 Å². The van der Waals surface area contributed by atoms with Crippen LogP contribution < -0.4 is 21.3 Å². The number of methoxy groups -OCH3 is 1. The Morgan fingerprint density at radius 3 is 2.30 bits per heavy atom. The molecule has 1 atom stereocenters. The van der Waals surface area contributed by atoms with Gasteiger partial charge in [-0.2, -0.15) is 13.2 Å². The number of alkyl halides is 3. The minimum absolute atomic E-state index is 0.00318. The average molecular weight is 630 g/mol. The number of carbonyl (C=O) groups is 1. The van der Waals surface area contributed by atoms with E-state index in [9.17, 15) is 31.9 Å². The molecule has 1 unspecified atom stereocenters. The molecule has 0 saturated carbocycles. The summed E-state index contributed by atoms with van der Waals surface area (Å²) in [5.74, 6) is -0.822. The Kier molecular flexibility index (Phi) is 9.17. The van der Waals surface area contributed by atoms with Gasteiger partial charge < -0.3 is 14.8 Å². The predicted octanol–water partition coefficient (Wildman–Crippen LogP) is 5.56. The molecule has 0 aliphatic rings. The van der Waals surface area contributed by atoms with Crippen molar-refractivity contribution in [3.63, 3.8) is 0 Å². The van der Waals surface area contributed by atoms with Crippen LogP contribution in [0.1, 0.15) is 49.2 Å². The molecule has 216 valence electrons. The lowest BCUT2D eigenvalue weighted by Crippen LogP contribution is -2.45. The summed E-state index contributed by atoms with van der Waals surface area (Å²) >= 11 is 3.12. The van der Waals surface area contributed by atoms with Crippen molar-refractivity contribution in [1.29, 1.82) is 0 Å². The number of ether oxygens (including phenoxy) is 2. The van der Waals surface area contributed by atoms with Gasteiger partial charge in [0.25, 0.3) is 5.56 Å². The van der Waals surface area contributed by atoms with E-state index >= 15 is 0 Å². The first-order chi connectivity index (χ1) is 18.5. The molecular weight excluding hydrogens is 602 g/mol. The van der Waals surface area contributed by atoms with Crippen LogP contribution in [-0.2, 0) is 24.0 Å². The number of hydrogen-bond acceptors (Lipinski definition) is 5. The molecule has 3 rings (SSSR count). The van der Waals surface area contributed by atoms with Crippen LogP contribution in [0.3, 0.4) is 0 Å². The first kappa shape index (κ1) is 30.9. The number of aromatic nitrogens is 2. The third-order valence-corrected chi connectivity index (χ3v) is 6.84. The molecule has 8 nitrogen and oxygen atoms in total. The monoisotopic (exact) mass is 629 g/mol. The van der Waals surface area contributed by atoms with E-state index in [1.807, 2.05) is 0 Å². The standard InChI is InChI=1S/C27H28BrF4N3O5/c1-15-22(28)23(36)35(25(38)34(15)13-17-18(27(30,31)32)10-8-11-19(17)29)14-20(33-24(37)40-26(2,3)4)16-9-6-7-12-21(16)39-5/h6-12,20H,13-14H2,1-5H3,(H,33,37). The highest BCUT2D eigenvalue weighted by molar-refractivity contribution is 9.10. The van der Waals surface area contributed by atoms with E-state index in [4.69, 9.17) is 9.47 Å². The number of halogens is 5. The molecule has 1 heterocycles. The van der Waals surface area contributed by atoms with Gasteiger partial charge in [0.1, 0.15) is 21.6 Å². The summed E-state index contributed by atoms with van der Waals surface area (Å²) in [4.78, 5) is 39.5. The Bertz CT molecular complexity index is 1530. The van der Waals surface area contributed by atoms with Crippen LogP contribution in [0, 0.1) is 12.7 Å². The van der Waals surface area contributed by atoms with Crippen molar-refractivity contribution in [2.45, 2.75) is 58.6 Å². The van der Waals surface area contributed by atoms with E-state index in [2.05, 4.69) is 21.2 Å². The fourth-order valence-corrected chi connectivity index (χ4v) is 4.49. The van der Waals surface area contributed by atoms with Gasteiger partial charge in [0.05, 0.1) is 31.8 Å². The third kappa shape index (κ3) is 6.93. The summed E-state index contributed by atoms with van der Waals surface area (Å²) in [5, 5.41) is 2.64. The third-order valence-electron chi connectivity index (χ3n) is 5.93. The molecule has 1 amide bonds. The van der Waals surface area contributed by atoms with Crippen molar-refractivity contribution in [3.05, 3.63) is 96.0 Å². The Morgan fingerprint density at radius 2 is 1.70 bits per heavy atom. The number of rotatable bonds is 7. The van der Waals surface area contributed by atoms with Crippen LogP contribution in [0.2, 0.25) is 0 Å². The lowest BCUT2D eigenvalue weighted by atomic mass is 10.1. The first-order valence-electron chi connectivity index (χ1n) is 12.0. The Hall–Kier alpha value is -3.61. The van der Waals surface area contributed by atoms with Crippen molar-refractivity contribution in [1.82, 2.24) is 14.5 Å². The minimum atomic E-state index is -4.88. The number of benzene rings is 2. The zero-order valence-electron chi connectivity index (χ0n) is 22.4. The van der Waals surface area contributed by atoms with Crippen molar-refractivity contribution in [3.8, 4) is 5.75 Å². The maximum absolute atomic E-state index is 14.6. The van der Waals surface area contributed by atoms with Gasteiger partial charge in [-0.1, -0.05) is 24.3 Å². The lowest BCUT2D eigenvalue weighted by molar-refractivity contribution is -0.138. The molecule has 0 aliphatic heterocycles. The van der Waals surface area contributed by atoms with Crippen LogP contribution in [0.25, 0.3) is 0 Å². The molecule has 0 radical (unpaired) electrons. The first-order valence-corrected chi connectivity index (χ1v) is 12.8. The highest BCUT2D eigenvalue weighted by Crippen LogP contribution is 2.33. The van der Waals surface area contributed by atoms with Gasteiger partial charge >= 0.3 is 18.0 Å². The maximum atomic E-state index is 14.6. The summed E-state index contributed by atoms with van der Waals surface area (Å²) in [7, 11) is 1.40. The normalized spacial score (nSPS) is 12.7. The predicted molar refractivity (Wildman–Crippen MR) is 143 cm³/mol. The Morgan fingerprint density at radius 1 is 1.05 bits per heavy atom. The summed E-state index contributed by atoms with van der Waals surface area (Å²) in [6, 6.07) is 8.02. The smallest absolute Gasteiger partial charge is 0.416 e. The van der Waals surface area contributed by atoms with Gasteiger partial charge in [0, 0.05) is 16.8 Å². The van der Waals surface area contributed by atoms with Crippen LogP contribution in [0.4, 0.5) is 22.4 Å². The fourth-order valence-electron chi connectivity index (χ4n) is 4.07. The van der Waals surface area contributed by atoms with E-state index in [0.717, 1.165) is 21.3 Å². The summed E-state index contributed by atoms with van der Waals surface area (Å²) < 4.78 is 67.8. The fraction of sp³-hybridized carbons (Fsp3) is 0.370. The largest absolute Gasteiger partial charge is 0.496 e. The van der Waals surface area contributed by atoms with Crippen molar-refractivity contribution in [2.75, 3.05) is 7.11 Å². The number of amides is 1. The molecule has 0 bridgehead atoms. The molecule has 3 aromatic rings. The zero-order chi connectivity index (χ0) is 30.0. The van der Waals surface area contributed by atoms with Crippen LogP contribution in [0.15, 0.2) is 56.5 Å². The van der Waals surface area contributed by atoms with Gasteiger partial charge in [-0.15, -0.1) is 0 Å². The number of carbonyl (C=O) groups excluding carboxylic acids is 1. The van der Waals surface area contributed by atoms with E-state index in [0.29, 0.717) is 17.4 Å². The van der Waals surface area contributed by atoms with Gasteiger partial charge in [-0.25, -0.2) is 14.0 Å². The van der Waals surface area contributed by atoms with E-state index in [1.165, 1.54) is 14.0 Å². The second-order valence-corrected chi connectivity index (χ2v) is 10.7. The van der Waals surface area contributed by atoms with E-state index < -0.39 is 65.2 Å². The quantitative estimate of drug-likeness (QED) is 0.346. The number of nitrogens with one attached hydrogen (secondary N) is 1. The van der Waals surface area contributed by atoms with Crippen molar-refractivity contribution in [2.24, 2.45) is 0 Å². The van der Waals surface area contributed by atoms with Crippen LogP contribution >= 0.6 is 15.9 Å². The topological polar surface area (TPSA) is 91.6 Å². The number of alkyl carbamates (subject to hydrolysis) is 1. The van der Waals surface area contributed by atoms with Crippen LogP contribution in [0.5, 0.6) is 5.75 Å². The van der Waals surface area contributed by atoms with Gasteiger partial charge in [-0.05, 0) is 61.8 Å². The van der Waals surface area contributed by atoms with Gasteiger partial charge in [0.15, 0.2) is 0 Å². The van der Waals surface area contributed by atoms with Crippen LogP contribution in [-0.4, -0.2) is 27.9 Å². The molecule has 0 spiro atoms. The van der Waals surface area contributed by atoms with Gasteiger partial charge in [-0.3, -0.25) is 13.9 Å². The number of para-hydroxylation sites is 1. The summed E-state index contributed by atoms with van der Waals surface area (Å²) in [6.45, 7) is 5.07.